The number of rotatable bonds is 5. The summed E-state index contributed by atoms with van der Waals surface area (Å²) in [5.74, 6) is -0.548. The van der Waals surface area contributed by atoms with Crippen molar-refractivity contribution in [3.8, 4) is 0 Å². The highest BCUT2D eigenvalue weighted by Gasteiger charge is 2.46. The Balaban J connectivity index is 0.00000242. The van der Waals surface area contributed by atoms with Crippen LogP contribution in [0.25, 0.3) is 0 Å². The summed E-state index contributed by atoms with van der Waals surface area (Å²) in [5, 5.41) is 9.37. The highest BCUT2D eigenvalue weighted by Crippen LogP contribution is 2.44. The quantitative estimate of drug-likeness (QED) is 0.714. The first-order valence-electron chi connectivity index (χ1n) is 8.17. The molecule has 0 heterocycles. The average Bonchev–Trinajstić information content (AvgIpc) is 2.54. The topological polar surface area (TPSA) is 106 Å². The Hall–Kier alpha value is -0.650. The van der Waals surface area contributed by atoms with Gasteiger partial charge in [0.25, 0.3) is 0 Å². The molecule has 0 saturated heterocycles. The van der Waals surface area contributed by atoms with Gasteiger partial charge >= 0.3 is 5.97 Å². The zero-order chi connectivity index (χ0) is 15.5. The van der Waals surface area contributed by atoms with Gasteiger partial charge < -0.3 is 16.6 Å². The van der Waals surface area contributed by atoms with Gasteiger partial charge in [0.15, 0.2) is 0 Å². The Morgan fingerprint density at radius 2 is 1.41 bits per heavy atom. The van der Waals surface area contributed by atoms with E-state index >= 15 is 0 Å². The summed E-state index contributed by atoms with van der Waals surface area (Å²) in [6, 6.07) is 0. The Labute approximate surface area is 138 Å². The summed E-state index contributed by atoms with van der Waals surface area (Å²) in [6.45, 7) is 0.592. The molecule has 0 amide bonds. The Bertz CT molecular complexity index is 400. The number of ketones is 1. The van der Waals surface area contributed by atoms with E-state index in [1.165, 1.54) is 6.42 Å². The van der Waals surface area contributed by atoms with E-state index in [4.69, 9.17) is 11.5 Å². The molecule has 0 radical (unpaired) electrons. The van der Waals surface area contributed by atoms with Gasteiger partial charge in [0.05, 0.1) is 5.41 Å². The van der Waals surface area contributed by atoms with Crippen LogP contribution in [0.4, 0.5) is 0 Å². The van der Waals surface area contributed by atoms with Crippen molar-refractivity contribution in [2.45, 2.75) is 57.8 Å². The first-order valence-corrected chi connectivity index (χ1v) is 8.17. The maximum Gasteiger partial charge on any atom is 0.310 e. The molecule has 0 aromatic rings. The van der Waals surface area contributed by atoms with Crippen molar-refractivity contribution in [1.82, 2.24) is 0 Å². The van der Waals surface area contributed by atoms with Crippen LogP contribution >= 0.6 is 12.4 Å². The van der Waals surface area contributed by atoms with E-state index in [2.05, 4.69) is 0 Å². The molecule has 2 saturated carbocycles. The summed E-state index contributed by atoms with van der Waals surface area (Å²) in [7, 11) is 0. The van der Waals surface area contributed by atoms with Gasteiger partial charge in [-0.25, -0.2) is 0 Å². The molecule has 22 heavy (non-hydrogen) atoms. The molecule has 128 valence electrons. The van der Waals surface area contributed by atoms with E-state index in [1.54, 1.807) is 0 Å². The van der Waals surface area contributed by atoms with Gasteiger partial charge in [-0.3, -0.25) is 9.59 Å². The van der Waals surface area contributed by atoms with E-state index < -0.39 is 11.4 Å². The van der Waals surface area contributed by atoms with Crippen molar-refractivity contribution in [3.05, 3.63) is 0 Å². The molecule has 0 aromatic carbocycles. The lowest BCUT2D eigenvalue weighted by Crippen LogP contribution is -2.47. The number of Topliss-reactive ketones (excluding diaryl/α,β-unsaturated/α-hetero) is 1. The molecular weight excluding hydrogens is 304 g/mol. The molecular formula is C16H29ClN2O3. The summed E-state index contributed by atoms with van der Waals surface area (Å²) >= 11 is 0. The number of hydrogen-bond acceptors (Lipinski definition) is 4. The van der Waals surface area contributed by atoms with Crippen molar-refractivity contribution >= 4 is 24.2 Å². The smallest absolute Gasteiger partial charge is 0.310 e. The molecule has 0 atom stereocenters. The number of carbonyl (C=O) groups is 2. The van der Waals surface area contributed by atoms with Crippen molar-refractivity contribution in [1.29, 1.82) is 0 Å². The molecule has 2 aliphatic rings. The summed E-state index contributed by atoms with van der Waals surface area (Å²) < 4.78 is 0. The largest absolute Gasteiger partial charge is 0.481 e. The monoisotopic (exact) mass is 332 g/mol. The number of carboxylic acids is 1. The minimum absolute atomic E-state index is 0. The molecule has 0 spiro atoms. The Morgan fingerprint density at radius 3 is 1.82 bits per heavy atom. The van der Waals surface area contributed by atoms with E-state index in [0.29, 0.717) is 38.0 Å². The number of nitrogens with two attached hydrogens (primary N) is 2. The van der Waals surface area contributed by atoms with Gasteiger partial charge in [0, 0.05) is 24.4 Å². The number of carbonyl (C=O) groups excluding carboxylic acids is 1. The second kappa shape index (κ2) is 7.75. The van der Waals surface area contributed by atoms with Gasteiger partial charge in [-0.2, -0.15) is 0 Å². The second-order valence-corrected chi connectivity index (χ2v) is 6.97. The molecule has 0 aromatic heterocycles. The number of hydrogen-bond donors (Lipinski definition) is 3. The van der Waals surface area contributed by atoms with E-state index in [-0.39, 0.29) is 30.3 Å². The van der Waals surface area contributed by atoms with Crippen LogP contribution in [0.2, 0.25) is 0 Å². The van der Waals surface area contributed by atoms with E-state index in [9.17, 15) is 14.7 Å². The lowest BCUT2D eigenvalue weighted by atomic mass is 9.62. The molecule has 0 bridgehead atoms. The predicted molar refractivity (Wildman–Crippen MR) is 87.9 cm³/mol. The Morgan fingerprint density at radius 1 is 0.909 bits per heavy atom. The molecule has 2 fully saturated rings. The van der Waals surface area contributed by atoms with Crippen LogP contribution in [0.5, 0.6) is 0 Å². The van der Waals surface area contributed by atoms with Crippen LogP contribution in [0, 0.1) is 16.7 Å². The zero-order valence-electron chi connectivity index (χ0n) is 13.2. The van der Waals surface area contributed by atoms with E-state index in [0.717, 1.165) is 25.7 Å². The third kappa shape index (κ3) is 3.47. The second-order valence-electron chi connectivity index (χ2n) is 6.97. The molecule has 0 unspecified atom stereocenters. The molecule has 0 aliphatic heterocycles. The fraction of sp³-hybridized carbons (Fsp3) is 0.875. The zero-order valence-corrected chi connectivity index (χ0v) is 14.0. The molecule has 5 N–H and O–H groups in total. The van der Waals surface area contributed by atoms with Crippen molar-refractivity contribution in [2.24, 2.45) is 28.2 Å². The fourth-order valence-electron chi connectivity index (χ4n) is 4.15. The van der Waals surface area contributed by atoms with Crippen molar-refractivity contribution < 1.29 is 14.7 Å². The SMILES string of the molecule is Cl.NCC1(C(=O)O)CCC(C(=O)C2(CN)CCCCC2)CC1. The number of carboxylic acid groups (broad SMARTS) is 1. The highest BCUT2D eigenvalue weighted by molar-refractivity contribution is 5.88. The van der Waals surface area contributed by atoms with Crippen molar-refractivity contribution in [2.75, 3.05) is 13.1 Å². The molecule has 2 aliphatic carbocycles. The van der Waals surface area contributed by atoms with Gasteiger partial charge in [-0.1, -0.05) is 19.3 Å². The van der Waals surface area contributed by atoms with Crippen LogP contribution in [0.3, 0.4) is 0 Å². The van der Waals surface area contributed by atoms with Gasteiger partial charge in [-0.05, 0) is 38.5 Å². The van der Waals surface area contributed by atoms with Crippen LogP contribution in [0.1, 0.15) is 57.8 Å². The van der Waals surface area contributed by atoms with Crippen LogP contribution < -0.4 is 11.5 Å². The van der Waals surface area contributed by atoms with Gasteiger partial charge in [0.1, 0.15) is 5.78 Å². The van der Waals surface area contributed by atoms with Crippen LogP contribution in [-0.2, 0) is 9.59 Å². The third-order valence-corrected chi connectivity index (χ3v) is 5.88. The normalized spacial score (nSPS) is 31.1. The lowest BCUT2D eigenvalue weighted by molar-refractivity contribution is -0.152. The number of halogens is 1. The first kappa shape index (κ1) is 19.4. The predicted octanol–water partition coefficient (Wildman–Crippen LogP) is 2.11. The van der Waals surface area contributed by atoms with E-state index in [1.807, 2.05) is 0 Å². The van der Waals surface area contributed by atoms with Crippen LogP contribution in [0.15, 0.2) is 0 Å². The molecule has 5 nitrogen and oxygen atoms in total. The average molecular weight is 333 g/mol. The third-order valence-electron chi connectivity index (χ3n) is 5.88. The molecule has 6 heteroatoms. The standard InChI is InChI=1S/C16H28N2O3.ClH/c17-10-15(6-2-1-3-7-15)13(19)12-4-8-16(11-18,9-5-12)14(20)21;/h12H,1-11,17-18H2,(H,20,21);1H. The van der Waals surface area contributed by atoms with Gasteiger partial charge in [-0.15, -0.1) is 12.4 Å². The summed E-state index contributed by atoms with van der Waals surface area (Å²) in [5.41, 5.74) is 10.4. The van der Waals surface area contributed by atoms with Crippen LogP contribution in [-0.4, -0.2) is 29.9 Å². The lowest BCUT2D eigenvalue weighted by Gasteiger charge is -2.41. The maximum absolute atomic E-state index is 12.9. The number of aliphatic carboxylic acids is 1. The minimum Gasteiger partial charge on any atom is -0.481 e. The van der Waals surface area contributed by atoms with Crippen molar-refractivity contribution in [3.63, 3.8) is 0 Å². The molecule has 2 rings (SSSR count). The maximum atomic E-state index is 12.9. The van der Waals surface area contributed by atoms with Gasteiger partial charge in [0.2, 0.25) is 0 Å². The summed E-state index contributed by atoms with van der Waals surface area (Å²) in [6.07, 6.45) is 7.46. The fourth-order valence-corrected chi connectivity index (χ4v) is 4.15. The Kier molecular flexibility index (Phi) is 6.84. The first-order chi connectivity index (χ1) is 9.99. The minimum atomic E-state index is -0.820. The summed E-state index contributed by atoms with van der Waals surface area (Å²) in [4.78, 5) is 24.3. The highest BCUT2D eigenvalue weighted by atomic mass is 35.5.